The lowest BCUT2D eigenvalue weighted by Gasteiger charge is -1.98. The fourth-order valence-corrected chi connectivity index (χ4v) is 1.44. The van der Waals surface area contributed by atoms with E-state index in [0.29, 0.717) is 6.42 Å². The van der Waals surface area contributed by atoms with Crippen LogP contribution in [-0.4, -0.2) is 23.0 Å². The van der Waals surface area contributed by atoms with Gasteiger partial charge >= 0.3 is 17.9 Å². The summed E-state index contributed by atoms with van der Waals surface area (Å²) in [5.41, 5.74) is 0. The van der Waals surface area contributed by atoms with Gasteiger partial charge in [0.15, 0.2) is 0 Å². The van der Waals surface area contributed by atoms with Crippen molar-refractivity contribution < 1.29 is 24.2 Å². The van der Waals surface area contributed by atoms with Crippen molar-refractivity contribution in [1.29, 1.82) is 0 Å². The van der Waals surface area contributed by atoms with E-state index in [4.69, 9.17) is 5.11 Å². The number of esters is 2. The molecule has 0 amide bonds. The first-order valence-corrected chi connectivity index (χ1v) is 6.80. The monoisotopic (exact) mass is 274 g/mol. The molecule has 0 atom stereocenters. The summed E-state index contributed by atoms with van der Waals surface area (Å²) in [5.74, 6) is -1.79. The second-order valence-corrected chi connectivity index (χ2v) is 4.35. The standard InChI is InChI=1S/C10H20O2.C4H6O3/c1-2-3-4-5-6-7-8-9-10(11)12;1-3(5)7-4(2)6/h2-9H2,1H3,(H,11,12);1-2H3. The first kappa shape index (κ1) is 19.9. The maximum absolute atomic E-state index is 10.1. The van der Waals surface area contributed by atoms with Crippen molar-refractivity contribution in [3.63, 3.8) is 0 Å². The number of carboxylic acids is 1. The molecule has 0 bridgehead atoms. The second kappa shape index (κ2) is 14.7. The minimum absolute atomic E-state index is 0.341. The molecule has 0 aromatic rings. The number of carboxylic acid groups (broad SMARTS) is 1. The first-order chi connectivity index (χ1) is 8.90. The third-order valence-electron chi connectivity index (χ3n) is 2.28. The molecule has 112 valence electrons. The summed E-state index contributed by atoms with van der Waals surface area (Å²) in [6.07, 6.45) is 8.64. The number of unbranched alkanes of at least 4 members (excludes halogenated alkanes) is 6. The lowest BCUT2D eigenvalue weighted by molar-refractivity contribution is -0.156. The van der Waals surface area contributed by atoms with Gasteiger partial charge in [0.25, 0.3) is 0 Å². The van der Waals surface area contributed by atoms with Crippen LogP contribution in [-0.2, 0) is 19.1 Å². The smallest absolute Gasteiger partial charge is 0.310 e. The number of rotatable bonds is 8. The van der Waals surface area contributed by atoms with E-state index in [1.165, 1.54) is 46.0 Å². The van der Waals surface area contributed by atoms with Gasteiger partial charge in [-0.25, -0.2) is 0 Å². The van der Waals surface area contributed by atoms with Crippen LogP contribution in [0.4, 0.5) is 0 Å². The highest BCUT2D eigenvalue weighted by Crippen LogP contribution is 2.07. The molecule has 0 fully saturated rings. The van der Waals surface area contributed by atoms with Crippen LogP contribution in [0.15, 0.2) is 0 Å². The minimum Gasteiger partial charge on any atom is -0.481 e. The zero-order valence-electron chi connectivity index (χ0n) is 12.2. The summed E-state index contributed by atoms with van der Waals surface area (Å²) < 4.78 is 3.97. The van der Waals surface area contributed by atoms with Gasteiger partial charge in [-0.05, 0) is 6.42 Å². The second-order valence-electron chi connectivity index (χ2n) is 4.35. The van der Waals surface area contributed by atoms with E-state index >= 15 is 0 Å². The van der Waals surface area contributed by atoms with E-state index in [1.807, 2.05) is 0 Å². The lowest BCUT2D eigenvalue weighted by atomic mass is 10.1. The Bertz CT molecular complexity index is 249. The summed E-state index contributed by atoms with van der Waals surface area (Å²) in [6, 6.07) is 0. The molecule has 0 unspecified atom stereocenters. The fraction of sp³-hybridized carbons (Fsp3) is 0.786. The summed E-state index contributed by atoms with van der Waals surface area (Å²) in [6.45, 7) is 4.56. The molecular formula is C14H26O5. The zero-order valence-corrected chi connectivity index (χ0v) is 12.2. The highest BCUT2D eigenvalue weighted by atomic mass is 16.6. The van der Waals surface area contributed by atoms with Crippen LogP contribution in [0.1, 0.15) is 72.1 Å². The van der Waals surface area contributed by atoms with Gasteiger partial charge in [-0.15, -0.1) is 0 Å². The van der Waals surface area contributed by atoms with Gasteiger partial charge in [0, 0.05) is 20.3 Å². The maximum atomic E-state index is 10.1. The maximum Gasteiger partial charge on any atom is 0.310 e. The predicted molar refractivity (Wildman–Crippen MR) is 72.7 cm³/mol. The molecule has 0 spiro atoms. The van der Waals surface area contributed by atoms with E-state index in [0.717, 1.165) is 12.8 Å². The van der Waals surface area contributed by atoms with Crippen molar-refractivity contribution in [2.45, 2.75) is 72.1 Å². The third-order valence-corrected chi connectivity index (χ3v) is 2.28. The predicted octanol–water partition coefficient (Wildman–Crippen LogP) is 3.31. The van der Waals surface area contributed by atoms with Crippen LogP contribution in [0.2, 0.25) is 0 Å². The molecule has 5 heteroatoms. The molecule has 0 saturated carbocycles. The quantitative estimate of drug-likeness (QED) is 0.417. The zero-order chi connectivity index (χ0) is 15.1. The number of carbonyl (C=O) groups excluding carboxylic acids is 2. The van der Waals surface area contributed by atoms with Crippen molar-refractivity contribution in [2.75, 3.05) is 0 Å². The van der Waals surface area contributed by atoms with Crippen LogP contribution in [0.5, 0.6) is 0 Å². The summed E-state index contributed by atoms with van der Waals surface area (Å²) in [4.78, 5) is 29.8. The van der Waals surface area contributed by atoms with Crippen LogP contribution in [0, 0.1) is 0 Å². The molecule has 0 aromatic carbocycles. The number of hydrogen-bond acceptors (Lipinski definition) is 4. The lowest BCUT2D eigenvalue weighted by Crippen LogP contribution is -2.03. The molecule has 19 heavy (non-hydrogen) atoms. The molecule has 1 N–H and O–H groups in total. The van der Waals surface area contributed by atoms with Gasteiger partial charge in [0.05, 0.1) is 0 Å². The topological polar surface area (TPSA) is 80.7 Å². The Morgan fingerprint density at radius 2 is 1.26 bits per heavy atom. The van der Waals surface area contributed by atoms with Crippen molar-refractivity contribution in [1.82, 2.24) is 0 Å². The Morgan fingerprint density at radius 1 is 0.842 bits per heavy atom. The Labute approximate surface area is 115 Å². The molecular weight excluding hydrogens is 248 g/mol. The Kier molecular flexibility index (Phi) is 15.4. The van der Waals surface area contributed by atoms with Crippen molar-refractivity contribution in [2.24, 2.45) is 0 Å². The van der Waals surface area contributed by atoms with Gasteiger partial charge in [0.2, 0.25) is 0 Å². The van der Waals surface area contributed by atoms with Crippen molar-refractivity contribution >= 4 is 17.9 Å². The van der Waals surface area contributed by atoms with Crippen LogP contribution < -0.4 is 0 Å². The molecule has 0 rings (SSSR count). The Balaban J connectivity index is 0. The molecule has 0 aliphatic rings. The van der Waals surface area contributed by atoms with Crippen LogP contribution in [0.25, 0.3) is 0 Å². The number of hydrogen-bond donors (Lipinski definition) is 1. The van der Waals surface area contributed by atoms with Crippen LogP contribution >= 0.6 is 0 Å². The number of aliphatic carboxylic acids is 1. The molecule has 0 heterocycles. The van der Waals surface area contributed by atoms with E-state index in [9.17, 15) is 14.4 Å². The molecule has 0 radical (unpaired) electrons. The Hall–Kier alpha value is -1.39. The summed E-state index contributed by atoms with van der Waals surface area (Å²) >= 11 is 0. The number of ether oxygens (including phenoxy) is 1. The Morgan fingerprint density at radius 3 is 1.58 bits per heavy atom. The van der Waals surface area contributed by atoms with Gasteiger partial charge in [0.1, 0.15) is 0 Å². The highest BCUT2D eigenvalue weighted by Gasteiger charge is 1.95. The van der Waals surface area contributed by atoms with Crippen molar-refractivity contribution in [3.8, 4) is 0 Å². The van der Waals surface area contributed by atoms with Gasteiger partial charge in [-0.2, -0.15) is 0 Å². The summed E-state index contributed by atoms with van der Waals surface area (Å²) in [5, 5.41) is 8.35. The average molecular weight is 274 g/mol. The molecule has 0 aliphatic carbocycles. The summed E-state index contributed by atoms with van der Waals surface area (Å²) in [7, 11) is 0. The molecule has 0 aliphatic heterocycles. The SMILES string of the molecule is CC(=O)OC(C)=O.CCCCCCCCCC(=O)O. The molecule has 5 nitrogen and oxygen atoms in total. The molecule has 0 aromatic heterocycles. The molecule has 0 saturated heterocycles. The van der Waals surface area contributed by atoms with Crippen LogP contribution in [0.3, 0.4) is 0 Å². The van der Waals surface area contributed by atoms with E-state index < -0.39 is 17.9 Å². The van der Waals surface area contributed by atoms with Gasteiger partial charge < -0.3 is 9.84 Å². The van der Waals surface area contributed by atoms with Gasteiger partial charge in [-0.1, -0.05) is 45.4 Å². The fourth-order valence-electron chi connectivity index (χ4n) is 1.44. The first-order valence-electron chi connectivity index (χ1n) is 6.80. The minimum atomic E-state index is -0.663. The van der Waals surface area contributed by atoms with Crippen molar-refractivity contribution in [3.05, 3.63) is 0 Å². The third kappa shape index (κ3) is 26.3. The largest absolute Gasteiger partial charge is 0.481 e. The van der Waals surface area contributed by atoms with E-state index in [2.05, 4.69) is 11.7 Å². The normalized spacial score (nSPS) is 9.21. The number of carbonyl (C=O) groups is 3. The average Bonchev–Trinajstić information content (AvgIpc) is 2.26. The highest BCUT2D eigenvalue weighted by molar-refractivity contribution is 5.82. The van der Waals surface area contributed by atoms with Gasteiger partial charge in [-0.3, -0.25) is 14.4 Å². The van der Waals surface area contributed by atoms with E-state index in [-0.39, 0.29) is 0 Å². The van der Waals surface area contributed by atoms with E-state index in [1.54, 1.807) is 0 Å².